The monoisotopic (exact) mass is 547 g/mol. The SMILES string of the molecule is C[C@H](CC(=O)O)CC(=O)c1c(C(=S)[C@@H](O)CCCCCc2cccc(Cl)c2)n(C)c2ccc(Cl)cc12. The van der Waals surface area contributed by atoms with E-state index in [4.69, 9.17) is 40.5 Å². The molecule has 0 amide bonds. The second-order valence-electron chi connectivity index (χ2n) is 9.38. The lowest BCUT2D eigenvalue weighted by molar-refractivity contribution is -0.137. The van der Waals surface area contributed by atoms with E-state index in [2.05, 4.69) is 6.07 Å². The molecule has 192 valence electrons. The van der Waals surface area contributed by atoms with Crippen molar-refractivity contribution in [1.82, 2.24) is 4.57 Å². The van der Waals surface area contributed by atoms with Crippen molar-refractivity contribution in [2.75, 3.05) is 0 Å². The molecule has 0 fully saturated rings. The van der Waals surface area contributed by atoms with Crippen LogP contribution in [0.25, 0.3) is 10.9 Å². The Bertz CT molecular complexity index is 1270. The van der Waals surface area contributed by atoms with Gasteiger partial charge in [0.2, 0.25) is 0 Å². The van der Waals surface area contributed by atoms with Gasteiger partial charge in [0.1, 0.15) is 0 Å². The number of aryl methyl sites for hydroxylation is 2. The topological polar surface area (TPSA) is 79.5 Å². The number of hydrogen-bond acceptors (Lipinski definition) is 4. The van der Waals surface area contributed by atoms with E-state index in [0.29, 0.717) is 33.0 Å². The highest BCUT2D eigenvalue weighted by atomic mass is 35.5. The number of carboxylic acid groups (broad SMARTS) is 1. The van der Waals surface area contributed by atoms with E-state index in [1.54, 1.807) is 19.1 Å². The van der Waals surface area contributed by atoms with Gasteiger partial charge in [-0.2, -0.15) is 0 Å². The van der Waals surface area contributed by atoms with Crippen molar-refractivity contribution in [3.8, 4) is 0 Å². The average Bonchev–Trinajstić information content (AvgIpc) is 3.09. The Hall–Kier alpha value is -2.25. The van der Waals surface area contributed by atoms with Crippen LogP contribution in [0.4, 0.5) is 0 Å². The number of carboxylic acids is 1. The largest absolute Gasteiger partial charge is 0.481 e. The quantitative estimate of drug-likeness (QED) is 0.136. The molecular formula is C28H31Cl2NO4S. The molecule has 36 heavy (non-hydrogen) atoms. The number of aromatic nitrogens is 1. The molecule has 5 nitrogen and oxygen atoms in total. The lowest BCUT2D eigenvalue weighted by Crippen LogP contribution is -2.24. The number of ketones is 1. The van der Waals surface area contributed by atoms with Crippen molar-refractivity contribution in [2.45, 2.75) is 58.0 Å². The molecule has 2 N–H and O–H groups in total. The number of halogens is 2. The molecule has 2 atom stereocenters. The van der Waals surface area contributed by atoms with Gasteiger partial charge in [-0.15, -0.1) is 0 Å². The molecule has 0 radical (unpaired) electrons. The van der Waals surface area contributed by atoms with Gasteiger partial charge >= 0.3 is 5.97 Å². The molecule has 3 aromatic rings. The van der Waals surface area contributed by atoms with Crippen LogP contribution in [-0.4, -0.2) is 37.5 Å². The Kier molecular flexibility index (Phi) is 10.1. The van der Waals surface area contributed by atoms with Crippen molar-refractivity contribution < 1.29 is 19.8 Å². The highest BCUT2D eigenvalue weighted by molar-refractivity contribution is 7.81. The number of rotatable bonds is 13. The van der Waals surface area contributed by atoms with Gasteiger partial charge in [-0.1, -0.05) is 67.3 Å². The van der Waals surface area contributed by atoms with E-state index in [1.165, 1.54) is 5.56 Å². The Balaban J connectivity index is 1.74. The van der Waals surface area contributed by atoms with Crippen molar-refractivity contribution in [2.24, 2.45) is 13.0 Å². The number of hydrogen-bond donors (Lipinski definition) is 2. The molecule has 0 aliphatic heterocycles. The number of aliphatic hydroxyl groups excluding tert-OH is 1. The van der Waals surface area contributed by atoms with E-state index >= 15 is 0 Å². The van der Waals surface area contributed by atoms with Gasteiger partial charge < -0.3 is 14.8 Å². The molecule has 8 heteroatoms. The maximum absolute atomic E-state index is 13.4. The zero-order chi connectivity index (χ0) is 26.4. The zero-order valence-corrected chi connectivity index (χ0v) is 22.8. The number of aliphatic hydroxyl groups is 1. The number of carbonyl (C=O) groups excluding carboxylic acids is 1. The first-order chi connectivity index (χ1) is 17.1. The Morgan fingerprint density at radius 2 is 1.75 bits per heavy atom. The minimum Gasteiger partial charge on any atom is -0.481 e. The van der Waals surface area contributed by atoms with E-state index in [9.17, 15) is 14.7 Å². The number of fused-ring (bicyclic) bond motifs is 1. The number of nitrogens with zero attached hydrogens (tertiary/aromatic N) is 1. The van der Waals surface area contributed by atoms with Crippen LogP contribution in [0.3, 0.4) is 0 Å². The molecule has 1 aromatic heterocycles. The van der Waals surface area contributed by atoms with Gasteiger partial charge in [-0.3, -0.25) is 9.59 Å². The second kappa shape index (κ2) is 12.8. The van der Waals surface area contributed by atoms with Crippen LogP contribution < -0.4 is 0 Å². The molecule has 2 aromatic carbocycles. The maximum atomic E-state index is 13.4. The molecular weight excluding hydrogens is 517 g/mol. The Labute approximate surface area is 227 Å². The predicted molar refractivity (Wildman–Crippen MR) is 150 cm³/mol. The first kappa shape index (κ1) is 28.3. The summed E-state index contributed by atoms with van der Waals surface area (Å²) in [5.74, 6) is -1.49. The molecule has 0 bridgehead atoms. The van der Waals surface area contributed by atoms with Crippen LogP contribution in [0.1, 0.15) is 67.1 Å². The third-order valence-electron chi connectivity index (χ3n) is 6.37. The number of aliphatic carboxylic acids is 1. The maximum Gasteiger partial charge on any atom is 0.303 e. The van der Waals surface area contributed by atoms with E-state index in [0.717, 1.165) is 36.2 Å². The molecule has 0 aliphatic rings. The van der Waals surface area contributed by atoms with Crippen molar-refractivity contribution in [1.29, 1.82) is 0 Å². The summed E-state index contributed by atoms with van der Waals surface area (Å²) in [4.78, 5) is 24.8. The second-order valence-corrected chi connectivity index (χ2v) is 10.7. The number of Topliss-reactive ketones (excluding diaryl/α,β-unsaturated/α-hetero) is 1. The van der Waals surface area contributed by atoms with Crippen LogP contribution in [0.2, 0.25) is 10.0 Å². The number of benzene rings is 2. The summed E-state index contributed by atoms with van der Waals surface area (Å²) in [6.07, 6.45) is 3.16. The van der Waals surface area contributed by atoms with Crippen LogP contribution in [0, 0.1) is 5.92 Å². The van der Waals surface area contributed by atoms with Crippen LogP contribution in [0.5, 0.6) is 0 Å². The summed E-state index contributed by atoms with van der Waals surface area (Å²) in [7, 11) is 1.81. The fourth-order valence-corrected chi connectivity index (χ4v) is 5.34. The number of thiocarbonyl (C=S) groups is 1. The van der Waals surface area contributed by atoms with Crippen molar-refractivity contribution in [3.63, 3.8) is 0 Å². The Morgan fingerprint density at radius 3 is 2.44 bits per heavy atom. The summed E-state index contributed by atoms with van der Waals surface area (Å²) in [5.41, 5.74) is 2.87. The van der Waals surface area contributed by atoms with Crippen molar-refractivity contribution in [3.05, 3.63) is 69.3 Å². The highest BCUT2D eigenvalue weighted by Gasteiger charge is 2.28. The van der Waals surface area contributed by atoms with Gasteiger partial charge in [0.15, 0.2) is 5.78 Å². The smallest absolute Gasteiger partial charge is 0.303 e. The molecule has 0 aliphatic carbocycles. The summed E-state index contributed by atoms with van der Waals surface area (Å²) in [5, 5.41) is 21.9. The molecule has 1 heterocycles. The first-order valence-corrected chi connectivity index (χ1v) is 13.2. The van der Waals surface area contributed by atoms with E-state index in [-0.39, 0.29) is 24.5 Å². The third kappa shape index (κ3) is 7.16. The molecule has 0 unspecified atom stereocenters. The van der Waals surface area contributed by atoms with Crippen molar-refractivity contribution >= 4 is 62.9 Å². The van der Waals surface area contributed by atoms with Gasteiger partial charge in [0.25, 0.3) is 0 Å². The number of unbranched alkanes of at least 4 members (excludes halogenated alkanes) is 2. The van der Waals surface area contributed by atoms with Crippen LogP contribution in [-0.2, 0) is 18.3 Å². The lowest BCUT2D eigenvalue weighted by Gasteiger charge is -2.16. The average molecular weight is 549 g/mol. The fraction of sp³-hybridized carbons (Fsp3) is 0.393. The summed E-state index contributed by atoms with van der Waals surface area (Å²) >= 11 is 18.0. The Morgan fingerprint density at radius 1 is 1.03 bits per heavy atom. The van der Waals surface area contributed by atoms with E-state index < -0.39 is 12.1 Å². The van der Waals surface area contributed by atoms with Gasteiger partial charge in [0.05, 0.1) is 22.2 Å². The normalized spacial score (nSPS) is 13.0. The molecule has 0 saturated carbocycles. The summed E-state index contributed by atoms with van der Waals surface area (Å²) in [6.45, 7) is 1.74. The van der Waals surface area contributed by atoms with Gasteiger partial charge in [-0.25, -0.2) is 0 Å². The molecule has 0 spiro atoms. The zero-order valence-electron chi connectivity index (χ0n) is 20.5. The van der Waals surface area contributed by atoms with Gasteiger partial charge in [-0.05, 0) is 61.1 Å². The molecule has 3 rings (SSSR count). The van der Waals surface area contributed by atoms with Gasteiger partial charge in [0, 0.05) is 40.8 Å². The lowest BCUT2D eigenvalue weighted by atomic mass is 9.93. The minimum atomic E-state index is -0.946. The first-order valence-electron chi connectivity index (χ1n) is 12.1. The molecule has 0 saturated heterocycles. The summed E-state index contributed by atoms with van der Waals surface area (Å²) < 4.78 is 1.82. The predicted octanol–water partition coefficient (Wildman–Crippen LogP) is 7.05. The number of carbonyl (C=O) groups is 2. The van der Waals surface area contributed by atoms with Crippen LogP contribution >= 0.6 is 35.4 Å². The highest BCUT2D eigenvalue weighted by Crippen LogP contribution is 2.32. The standard InChI is InChI=1S/C28H31Cl2NO4S/c1-17(14-25(34)35)13-24(33)26-21-16-20(30)11-12-22(21)31(2)27(26)28(36)23(32)10-5-3-4-7-18-8-6-9-19(29)15-18/h6,8-9,11-12,15-17,23,32H,3-5,7,10,13-14H2,1-2H3,(H,34,35)/t17-,23-/m0/s1. The summed E-state index contributed by atoms with van der Waals surface area (Å²) in [6, 6.07) is 13.1. The van der Waals surface area contributed by atoms with E-state index in [1.807, 2.05) is 35.9 Å². The fourth-order valence-electron chi connectivity index (χ4n) is 4.60. The third-order valence-corrected chi connectivity index (χ3v) is 7.30. The minimum absolute atomic E-state index is 0.0626. The van der Waals surface area contributed by atoms with Crippen LogP contribution in [0.15, 0.2) is 42.5 Å².